The molecule has 0 bridgehead atoms. The molecule has 0 aliphatic heterocycles. The molecule has 0 aliphatic carbocycles. The van der Waals surface area contributed by atoms with E-state index in [9.17, 15) is 0 Å². The molecule has 0 aromatic rings. The van der Waals surface area contributed by atoms with Crippen molar-refractivity contribution in [1.82, 2.24) is 0 Å². The fraction of sp³-hybridized carbons (Fsp3) is 0. The van der Waals surface area contributed by atoms with Crippen LogP contribution in [0.2, 0.25) is 0 Å². The van der Waals surface area contributed by atoms with Crippen LogP contribution in [0.1, 0.15) is 0 Å². The molecule has 0 saturated heterocycles. The summed E-state index contributed by atoms with van der Waals surface area (Å²) in [6.07, 6.45) is 0. The van der Waals surface area contributed by atoms with E-state index in [2.05, 4.69) is 0 Å². The van der Waals surface area contributed by atoms with E-state index in [-0.39, 0.29) is 112 Å². The van der Waals surface area contributed by atoms with Gasteiger partial charge in [-0.2, -0.15) is 8.42 Å². The van der Waals surface area contributed by atoms with Crippen molar-refractivity contribution in [3.63, 3.8) is 0 Å². The first-order chi connectivity index (χ1) is 2.00. The second-order valence-electron chi connectivity index (χ2n) is 0.448. The third-order valence-electron chi connectivity index (χ3n) is 0. The Hall–Kier alpha value is 3.53. The molecule has 0 unspecified atom stereocenters. The van der Waals surface area contributed by atoms with Crippen molar-refractivity contribution in [2.24, 2.45) is 0 Å². The minimum atomic E-state index is -4.67. The number of rotatable bonds is 0. The molecule has 0 amide bonds. The zero-order chi connectivity index (χ0) is 4.50. The van der Waals surface area contributed by atoms with Gasteiger partial charge in [-0.3, -0.25) is 9.11 Å². The summed E-state index contributed by atoms with van der Waals surface area (Å²) < 4.78 is 31.6. The standard InChI is InChI=1S/Ca.K.Mg.H2O4S.5H/c;;;1-5(2,3)4;;;;;/h;;;(H2,1,2,3,4);;;;;. The van der Waals surface area contributed by atoms with Gasteiger partial charge in [0, 0.05) is 0 Å². The van der Waals surface area contributed by atoms with Crippen LogP contribution in [-0.2, 0) is 10.4 Å². The molecular formula is H7CaKMgO4S. The van der Waals surface area contributed by atoms with Crippen molar-refractivity contribution < 1.29 is 17.5 Å². The zero-order valence-electron chi connectivity index (χ0n) is 2.12. The SMILES string of the molecule is O=S(=O)(O)O.[CaH2].[KH].[MgH2]. The molecule has 0 rings (SSSR count). The number of hydrogen-bond acceptors (Lipinski definition) is 2. The molecule has 0 aromatic carbocycles. The van der Waals surface area contributed by atoms with E-state index in [0.717, 1.165) is 0 Å². The van der Waals surface area contributed by atoms with E-state index < -0.39 is 10.4 Å². The maximum absolute atomic E-state index is 8.74. The topological polar surface area (TPSA) is 74.6 Å². The minimum absolute atomic E-state index is 0. The molecule has 8 heteroatoms. The summed E-state index contributed by atoms with van der Waals surface area (Å²) in [5, 5.41) is 0. The van der Waals surface area contributed by atoms with Crippen LogP contribution in [0.5, 0.6) is 0 Å². The van der Waals surface area contributed by atoms with Crippen molar-refractivity contribution in [3.05, 3.63) is 0 Å². The number of hydrogen-bond donors (Lipinski definition) is 2. The van der Waals surface area contributed by atoms with Gasteiger partial charge in [-0.1, -0.05) is 0 Å². The van der Waals surface area contributed by atoms with Crippen LogP contribution in [0.4, 0.5) is 0 Å². The van der Waals surface area contributed by atoms with Crippen molar-refractivity contribution in [1.29, 1.82) is 0 Å². The second-order valence-corrected chi connectivity index (χ2v) is 1.34. The molecule has 0 heterocycles. The second kappa shape index (κ2) is 10.5. The maximum Gasteiger partial charge on any atom is 0.316 e. The van der Waals surface area contributed by atoms with Crippen LogP contribution in [0.25, 0.3) is 0 Å². The summed E-state index contributed by atoms with van der Waals surface area (Å²) in [7, 11) is -4.67. The Morgan fingerprint density at radius 3 is 1.12 bits per heavy atom. The van der Waals surface area contributed by atoms with Gasteiger partial charge in [0.2, 0.25) is 0 Å². The maximum atomic E-state index is 8.74. The Labute approximate surface area is 136 Å². The Morgan fingerprint density at radius 1 is 1.12 bits per heavy atom. The van der Waals surface area contributed by atoms with Gasteiger partial charge in [0.05, 0.1) is 0 Å². The zero-order valence-corrected chi connectivity index (χ0v) is 2.94. The average Bonchev–Trinajstić information content (AvgIpc) is 0.722. The summed E-state index contributed by atoms with van der Waals surface area (Å²) in [5.41, 5.74) is 0. The van der Waals surface area contributed by atoms with E-state index in [1.807, 2.05) is 0 Å². The first kappa shape index (κ1) is 22.5. The van der Waals surface area contributed by atoms with Crippen molar-refractivity contribution in [2.45, 2.75) is 0 Å². The largest absolute Gasteiger partial charge is 0.316 e. The summed E-state index contributed by atoms with van der Waals surface area (Å²) in [5.74, 6) is 0. The fourth-order valence-electron chi connectivity index (χ4n) is 0. The fourth-order valence-corrected chi connectivity index (χ4v) is 0. The predicted octanol–water partition coefficient (Wildman–Crippen LogP) is -3.13. The molecule has 0 aromatic heterocycles. The summed E-state index contributed by atoms with van der Waals surface area (Å²) in [6, 6.07) is 0. The summed E-state index contributed by atoms with van der Waals surface area (Å²) in [6.45, 7) is 0. The third-order valence-corrected chi connectivity index (χ3v) is 0. The van der Waals surface area contributed by atoms with Crippen LogP contribution >= 0.6 is 0 Å². The quantitative estimate of drug-likeness (QED) is 0.325. The molecule has 0 radical (unpaired) electrons. The van der Waals surface area contributed by atoms with Gasteiger partial charge in [-0.25, -0.2) is 0 Å². The molecular weight excluding hydrogens is 200 g/mol. The summed E-state index contributed by atoms with van der Waals surface area (Å²) in [4.78, 5) is 0. The monoisotopic (exact) mass is 206 g/mol. The van der Waals surface area contributed by atoms with Gasteiger partial charge in [0.1, 0.15) is 0 Å². The van der Waals surface area contributed by atoms with Crippen molar-refractivity contribution in [3.8, 4) is 0 Å². The molecule has 0 aliphatic rings. The normalized spacial score (nSPS) is 7.25. The molecule has 2 N–H and O–H groups in total. The molecule has 0 fully saturated rings. The van der Waals surface area contributed by atoms with Gasteiger partial charge in [0.25, 0.3) is 0 Å². The Bertz CT molecular complexity index is 99.2. The molecule has 0 spiro atoms. The third kappa shape index (κ3) is 55.6. The van der Waals surface area contributed by atoms with Gasteiger partial charge >= 0.3 is 123 Å². The molecule has 0 saturated carbocycles. The van der Waals surface area contributed by atoms with E-state index in [0.29, 0.717) is 0 Å². The molecule has 4 nitrogen and oxygen atoms in total. The Balaban J connectivity index is -0.0000000267. The van der Waals surface area contributed by atoms with Crippen molar-refractivity contribution >= 4 is 123 Å². The van der Waals surface area contributed by atoms with Crippen LogP contribution < -0.4 is 0 Å². The van der Waals surface area contributed by atoms with Crippen molar-refractivity contribution in [2.75, 3.05) is 0 Å². The van der Waals surface area contributed by atoms with E-state index in [1.165, 1.54) is 0 Å². The van der Waals surface area contributed by atoms with Crippen LogP contribution in [-0.4, -0.2) is 130 Å². The average molecular weight is 207 g/mol. The van der Waals surface area contributed by atoms with Crippen LogP contribution in [0, 0.1) is 0 Å². The molecule has 8 heavy (non-hydrogen) atoms. The van der Waals surface area contributed by atoms with Gasteiger partial charge < -0.3 is 0 Å². The van der Waals surface area contributed by atoms with Gasteiger partial charge in [0.15, 0.2) is 0 Å². The first-order valence-electron chi connectivity index (χ1n) is 0.698. The van der Waals surface area contributed by atoms with Crippen LogP contribution in [0.15, 0.2) is 0 Å². The van der Waals surface area contributed by atoms with Crippen LogP contribution in [0.3, 0.4) is 0 Å². The molecule has 42 valence electrons. The van der Waals surface area contributed by atoms with Gasteiger partial charge in [-0.15, -0.1) is 0 Å². The Morgan fingerprint density at radius 2 is 1.12 bits per heavy atom. The van der Waals surface area contributed by atoms with E-state index in [1.54, 1.807) is 0 Å². The minimum Gasteiger partial charge on any atom is 0.316 e. The van der Waals surface area contributed by atoms with E-state index >= 15 is 0 Å². The summed E-state index contributed by atoms with van der Waals surface area (Å²) >= 11 is 0. The van der Waals surface area contributed by atoms with E-state index in [4.69, 9.17) is 17.5 Å². The molecule has 0 atom stereocenters. The predicted molar refractivity (Wildman–Crippen MR) is 38.4 cm³/mol. The van der Waals surface area contributed by atoms with Gasteiger partial charge in [-0.05, 0) is 0 Å². The smallest absolute Gasteiger partial charge is 0.316 e. The first-order valence-corrected chi connectivity index (χ1v) is 2.10. The Kier molecular flexibility index (Phi) is 29.7.